The van der Waals surface area contributed by atoms with E-state index in [2.05, 4.69) is 15.7 Å². The Morgan fingerprint density at radius 2 is 2.15 bits per heavy atom. The molecular weight excluding hydrogens is 454 g/mol. The number of piperidine rings is 1. The third-order valence-corrected chi connectivity index (χ3v) is 8.88. The van der Waals surface area contributed by atoms with E-state index >= 15 is 0 Å². The van der Waals surface area contributed by atoms with E-state index in [9.17, 15) is 23.6 Å². The van der Waals surface area contributed by atoms with Gasteiger partial charge in [-0.25, -0.2) is 0 Å². The molecule has 10 heteroatoms. The van der Waals surface area contributed by atoms with E-state index < -0.39 is 11.3 Å². The molecule has 5 aliphatic rings. The lowest BCUT2D eigenvalue weighted by Gasteiger charge is -2.39. The van der Waals surface area contributed by atoms with Crippen molar-refractivity contribution in [1.82, 2.24) is 14.7 Å². The number of benzene rings is 1. The number of fused-ring (bicyclic) bond motifs is 4. The van der Waals surface area contributed by atoms with Crippen LogP contribution in [0.4, 0.5) is 5.69 Å². The number of nitrogens with one attached hydrogen (secondary N) is 1. The van der Waals surface area contributed by atoms with Gasteiger partial charge in [-0.05, 0) is 61.3 Å². The molecule has 1 N–H and O–H groups in total. The molecule has 2 unspecified atom stereocenters. The van der Waals surface area contributed by atoms with Gasteiger partial charge in [0.25, 0.3) is 0 Å². The molecule has 0 spiro atoms. The second-order valence-electron chi connectivity index (χ2n) is 10.5. The molecule has 9 nitrogen and oxygen atoms in total. The minimum atomic E-state index is -2.36. The van der Waals surface area contributed by atoms with Crippen LogP contribution in [-0.2, 0) is 27.3 Å². The number of piperazine rings is 1. The van der Waals surface area contributed by atoms with Crippen molar-refractivity contribution in [1.29, 1.82) is 5.26 Å². The molecule has 1 aromatic rings. The maximum atomic E-state index is 13.4. The van der Waals surface area contributed by atoms with Crippen molar-refractivity contribution >= 4 is 28.8 Å². The highest BCUT2D eigenvalue weighted by molar-refractivity contribution is 7.80. The highest BCUT2D eigenvalue weighted by Crippen LogP contribution is 2.48. The molecule has 2 aliphatic carbocycles. The third-order valence-electron chi connectivity index (χ3n) is 8.48. The summed E-state index contributed by atoms with van der Waals surface area (Å²) in [6, 6.07) is 7.77. The van der Waals surface area contributed by atoms with E-state index in [1.54, 1.807) is 6.07 Å². The molecule has 0 radical (unpaired) electrons. The molecule has 8 atom stereocenters. The predicted octanol–water partition coefficient (Wildman–Crippen LogP) is 1.31. The molecule has 34 heavy (non-hydrogen) atoms. The first-order valence-electron chi connectivity index (χ1n) is 12.1. The van der Waals surface area contributed by atoms with Gasteiger partial charge in [0.2, 0.25) is 11.8 Å². The standard InChI is InChI=1S/C24H29N5O4S/c1-13(23(30)28-17(10-25)7-15-8-21(15)28)11-27-12-18-9-22(27)24(31)29(18)20-5-2-14-6-16(26-34(32)33)3-4-19(14)20/h3-4,6,13,15,17-18,20-22,26H,2,5,7-9,11-12H2,1H3,(H,32,33)/p-1/t13-,15+,17-,18+,20-,21?,22+/m0/s1. The van der Waals surface area contributed by atoms with Crippen LogP contribution < -0.4 is 4.72 Å². The Morgan fingerprint density at radius 3 is 2.88 bits per heavy atom. The zero-order valence-electron chi connectivity index (χ0n) is 19.1. The fourth-order valence-corrected chi connectivity index (χ4v) is 7.24. The fraction of sp³-hybridized carbons (Fsp3) is 0.625. The second kappa shape index (κ2) is 8.04. The first-order chi connectivity index (χ1) is 16.4. The van der Waals surface area contributed by atoms with Gasteiger partial charge in [-0.2, -0.15) is 5.26 Å². The first kappa shape index (κ1) is 22.0. The molecular formula is C24H28N5O4S-. The van der Waals surface area contributed by atoms with E-state index in [0.717, 1.165) is 49.8 Å². The van der Waals surface area contributed by atoms with Crippen LogP contribution in [0, 0.1) is 23.2 Å². The minimum absolute atomic E-state index is 0.0262. The van der Waals surface area contributed by atoms with E-state index in [1.807, 2.05) is 28.9 Å². The summed E-state index contributed by atoms with van der Waals surface area (Å²) in [5.41, 5.74) is 2.73. The zero-order chi connectivity index (χ0) is 23.7. The van der Waals surface area contributed by atoms with E-state index in [1.165, 1.54) is 0 Å². The monoisotopic (exact) mass is 482 g/mol. The van der Waals surface area contributed by atoms with Crippen LogP contribution in [0.1, 0.15) is 49.8 Å². The number of nitriles is 1. The Morgan fingerprint density at radius 1 is 1.32 bits per heavy atom. The van der Waals surface area contributed by atoms with Gasteiger partial charge in [0.15, 0.2) is 0 Å². The van der Waals surface area contributed by atoms with Gasteiger partial charge in [0.1, 0.15) is 6.04 Å². The third kappa shape index (κ3) is 3.44. The Bertz CT molecular complexity index is 1120. The lowest BCUT2D eigenvalue weighted by Crippen LogP contribution is -2.53. The highest BCUT2D eigenvalue weighted by Gasteiger charge is 2.56. The molecule has 3 aliphatic heterocycles. The number of carbonyl (C=O) groups excluding carboxylic acids is 2. The Balaban J connectivity index is 1.11. The van der Waals surface area contributed by atoms with Gasteiger partial charge in [-0.15, -0.1) is 0 Å². The number of anilines is 1. The molecule has 1 saturated carbocycles. The lowest BCUT2D eigenvalue weighted by atomic mass is 10.0. The average molecular weight is 483 g/mol. The predicted molar refractivity (Wildman–Crippen MR) is 123 cm³/mol. The summed E-state index contributed by atoms with van der Waals surface area (Å²) in [6.07, 6.45) is 4.27. The largest absolute Gasteiger partial charge is 0.755 e. The number of hydrogen-bond donors (Lipinski definition) is 1. The van der Waals surface area contributed by atoms with Crippen LogP contribution >= 0.6 is 0 Å². The van der Waals surface area contributed by atoms with Crippen LogP contribution in [0.2, 0.25) is 0 Å². The lowest BCUT2D eigenvalue weighted by molar-refractivity contribution is -0.142. The van der Waals surface area contributed by atoms with Gasteiger partial charge < -0.3 is 19.1 Å². The van der Waals surface area contributed by atoms with Crippen molar-refractivity contribution in [2.45, 2.75) is 69.2 Å². The maximum absolute atomic E-state index is 13.4. The van der Waals surface area contributed by atoms with Crippen molar-refractivity contribution in [2.24, 2.45) is 11.8 Å². The molecule has 2 amide bonds. The number of amides is 2. The number of nitrogens with zero attached hydrogens (tertiary/aromatic N) is 4. The van der Waals surface area contributed by atoms with E-state index in [-0.39, 0.29) is 47.9 Å². The first-order valence-corrected chi connectivity index (χ1v) is 13.2. The van der Waals surface area contributed by atoms with Crippen LogP contribution in [0.15, 0.2) is 18.2 Å². The molecule has 3 saturated heterocycles. The SMILES string of the molecule is C[C@@H](CN1C[C@H]2C[C@@H]1C(=O)N2[C@H]1CCc2cc(NS(=O)[O-])ccc21)C(=O)N1C2C[C@H]2C[C@H]1C#N. The smallest absolute Gasteiger partial charge is 0.240 e. The summed E-state index contributed by atoms with van der Waals surface area (Å²) in [7, 11) is 0. The molecule has 0 aromatic heterocycles. The van der Waals surface area contributed by atoms with Crippen LogP contribution in [0.3, 0.4) is 0 Å². The molecule has 180 valence electrons. The van der Waals surface area contributed by atoms with Gasteiger partial charge in [0, 0.05) is 48.0 Å². The number of carbonyl (C=O) groups is 2. The van der Waals surface area contributed by atoms with Crippen molar-refractivity contribution in [3.63, 3.8) is 0 Å². The molecule has 3 heterocycles. The number of rotatable bonds is 6. The van der Waals surface area contributed by atoms with Gasteiger partial charge in [-0.1, -0.05) is 13.0 Å². The van der Waals surface area contributed by atoms with Gasteiger partial charge >= 0.3 is 0 Å². The Labute approximate surface area is 201 Å². The normalized spacial score (nSPS) is 35.1. The number of aryl methyl sites for hydroxylation is 1. The van der Waals surface area contributed by atoms with Gasteiger partial charge in [-0.3, -0.25) is 18.7 Å². The quantitative estimate of drug-likeness (QED) is 0.611. The van der Waals surface area contributed by atoms with E-state index in [4.69, 9.17) is 0 Å². The summed E-state index contributed by atoms with van der Waals surface area (Å²) >= 11 is -2.36. The topological polar surface area (TPSA) is 120 Å². The minimum Gasteiger partial charge on any atom is -0.755 e. The summed E-state index contributed by atoms with van der Waals surface area (Å²) in [5, 5.41) is 9.43. The summed E-state index contributed by atoms with van der Waals surface area (Å²) < 4.78 is 24.3. The molecule has 4 fully saturated rings. The van der Waals surface area contributed by atoms with Gasteiger partial charge in [0.05, 0.1) is 18.2 Å². The number of likely N-dealkylation sites (tertiary alicyclic amines) is 3. The molecule has 2 bridgehead atoms. The molecule has 1 aromatic carbocycles. The van der Waals surface area contributed by atoms with Crippen molar-refractivity contribution < 1.29 is 18.4 Å². The second-order valence-corrected chi connectivity index (χ2v) is 11.2. The van der Waals surface area contributed by atoms with E-state index in [0.29, 0.717) is 18.2 Å². The van der Waals surface area contributed by atoms with Crippen LogP contribution in [0.5, 0.6) is 0 Å². The van der Waals surface area contributed by atoms with Crippen LogP contribution in [0.25, 0.3) is 0 Å². The summed E-state index contributed by atoms with van der Waals surface area (Å²) in [6.45, 7) is 3.24. The average Bonchev–Trinajstić information content (AvgIpc) is 3.14. The summed E-state index contributed by atoms with van der Waals surface area (Å²) in [4.78, 5) is 32.6. The molecule has 6 rings (SSSR count). The Hall–Kier alpha value is -2.48. The maximum Gasteiger partial charge on any atom is 0.240 e. The summed E-state index contributed by atoms with van der Waals surface area (Å²) in [5.74, 6) is 0.453. The van der Waals surface area contributed by atoms with Crippen LogP contribution in [-0.4, -0.2) is 72.5 Å². The Kier molecular flexibility index (Phi) is 5.20. The van der Waals surface area contributed by atoms with Crippen molar-refractivity contribution in [3.05, 3.63) is 29.3 Å². The fourth-order valence-electron chi connectivity index (χ4n) is 6.92. The van der Waals surface area contributed by atoms with Crippen molar-refractivity contribution in [3.8, 4) is 6.07 Å². The van der Waals surface area contributed by atoms with Crippen molar-refractivity contribution in [2.75, 3.05) is 17.8 Å². The highest BCUT2D eigenvalue weighted by atomic mass is 32.2. The number of hydrogen-bond acceptors (Lipinski definition) is 6. The zero-order valence-corrected chi connectivity index (χ0v) is 19.9.